The first-order chi connectivity index (χ1) is 6.79. The Morgan fingerprint density at radius 3 is 2.79 bits per heavy atom. The van der Waals surface area contributed by atoms with Crippen LogP contribution >= 0.6 is 23.4 Å². The molecule has 1 aromatic carbocycles. The van der Waals surface area contributed by atoms with E-state index in [0.717, 1.165) is 16.7 Å². The first-order valence-corrected chi connectivity index (χ1v) is 6.20. The van der Waals surface area contributed by atoms with Crippen LogP contribution in [-0.2, 0) is 6.42 Å². The lowest BCUT2D eigenvalue weighted by Gasteiger charge is -2.05. The van der Waals surface area contributed by atoms with Gasteiger partial charge in [0.25, 0.3) is 0 Å². The van der Waals surface area contributed by atoms with E-state index in [2.05, 4.69) is 12.1 Å². The van der Waals surface area contributed by atoms with Crippen molar-refractivity contribution in [1.82, 2.24) is 0 Å². The van der Waals surface area contributed by atoms with Gasteiger partial charge >= 0.3 is 0 Å². The Hall–Kier alpha value is -0.180. The number of hydrogen-bond donors (Lipinski definition) is 1. The molecule has 3 heteroatoms. The lowest BCUT2D eigenvalue weighted by molar-refractivity contribution is 0.966. The summed E-state index contributed by atoms with van der Waals surface area (Å²) >= 11 is 8.08. The summed E-state index contributed by atoms with van der Waals surface area (Å²) in [5.41, 5.74) is 6.73. The van der Waals surface area contributed by atoms with E-state index >= 15 is 0 Å². The van der Waals surface area contributed by atoms with Crippen LogP contribution in [0.4, 0.5) is 0 Å². The summed E-state index contributed by atoms with van der Waals surface area (Å²) in [7, 11) is 0. The molecule has 0 spiro atoms. The molecule has 0 amide bonds. The molecule has 0 unspecified atom stereocenters. The Morgan fingerprint density at radius 1 is 1.43 bits per heavy atom. The van der Waals surface area contributed by atoms with E-state index < -0.39 is 0 Å². The van der Waals surface area contributed by atoms with Crippen molar-refractivity contribution in [2.45, 2.75) is 29.4 Å². The zero-order valence-corrected chi connectivity index (χ0v) is 9.57. The SMILES string of the molecule is NCCc1ccc(SC2CC2)c(Cl)c1. The Labute approximate surface area is 94.0 Å². The van der Waals surface area contributed by atoms with Gasteiger partial charge in [0.15, 0.2) is 0 Å². The highest BCUT2D eigenvalue weighted by Crippen LogP contribution is 2.41. The number of nitrogens with two attached hydrogens (primary N) is 1. The van der Waals surface area contributed by atoms with E-state index in [1.807, 2.05) is 17.8 Å². The zero-order chi connectivity index (χ0) is 9.97. The minimum atomic E-state index is 0.686. The second kappa shape index (κ2) is 4.56. The lowest BCUT2D eigenvalue weighted by Crippen LogP contribution is -2.02. The third-order valence-corrected chi connectivity index (χ3v) is 4.09. The topological polar surface area (TPSA) is 26.0 Å². The predicted molar refractivity (Wildman–Crippen MR) is 63.1 cm³/mol. The van der Waals surface area contributed by atoms with Crippen molar-refractivity contribution in [3.63, 3.8) is 0 Å². The molecule has 1 saturated carbocycles. The zero-order valence-electron chi connectivity index (χ0n) is 8.00. The van der Waals surface area contributed by atoms with Gasteiger partial charge in [-0.05, 0) is 43.5 Å². The first-order valence-electron chi connectivity index (χ1n) is 4.95. The molecular formula is C11H14ClNS. The number of rotatable bonds is 4. The minimum absolute atomic E-state index is 0.686. The summed E-state index contributed by atoms with van der Waals surface area (Å²) in [5, 5.41) is 1.70. The quantitative estimate of drug-likeness (QED) is 0.856. The summed E-state index contributed by atoms with van der Waals surface area (Å²) in [6.07, 6.45) is 3.59. The van der Waals surface area contributed by atoms with Crippen LogP contribution in [0.1, 0.15) is 18.4 Å². The van der Waals surface area contributed by atoms with Crippen molar-refractivity contribution >= 4 is 23.4 Å². The molecule has 0 radical (unpaired) electrons. The molecule has 1 fully saturated rings. The van der Waals surface area contributed by atoms with Crippen molar-refractivity contribution in [3.05, 3.63) is 28.8 Å². The highest BCUT2D eigenvalue weighted by Gasteiger charge is 2.23. The normalized spacial score (nSPS) is 15.9. The van der Waals surface area contributed by atoms with E-state index in [-0.39, 0.29) is 0 Å². The van der Waals surface area contributed by atoms with Crippen LogP contribution < -0.4 is 5.73 Å². The molecule has 0 aromatic heterocycles. The third kappa shape index (κ3) is 2.66. The molecule has 0 atom stereocenters. The van der Waals surface area contributed by atoms with Crippen molar-refractivity contribution in [2.75, 3.05) is 6.54 Å². The summed E-state index contributed by atoms with van der Waals surface area (Å²) < 4.78 is 0. The second-order valence-electron chi connectivity index (χ2n) is 3.62. The largest absolute Gasteiger partial charge is 0.330 e. The Balaban J connectivity index is 2.09. The van der Waals surface area contributed by atoms with Crippen LogP contribution in [0.3, 0.4) is 0 Å². The molecule has 1 aliphatic carbocycles. The van der Waals surface area contributed by atoms with Gasteiger partial charge < -0.3 is 5.73 Å². The van der Waals surface area contributed by atoms with Crippen LogP contribution in [-0.4, -0.2) is 11.8 Å². The fraction of sp³-hybridized carbons (Fsp3) is 0.455. The van der Waals surface area contributed by atoms with Gasteiger partial charge in [-0.1, -0.05) is 17.7 Å². The van der Waals surface area contributed by atoms with Crippen molar-refractivity contribution in [1.29, 1.82) is 0 Å². The molecule has 0 heterocycles. The highest BCUT2D eigenvalue weighted by molar-refractivity contribution is 8.00. The molecule has 2 rings (SSSR count). The molecule has 0 saturated heterocycles. The number of hydrogen-bond acceptors (Lipinski definition) is 2. The summed E-state index contributed by atoms with van der Waals surface area (Å²) in [6, 6.07) is 6.29. The van der Waals surface area contributed by atoms with Gasteiger partial charge in [0, 0.05) is 10.1 Å². The van der Waals surface area contributed by atoms with Gasteiger partial charge in [0.2, 0.25) is 0 Å². The van der Waals surface area contributed by atoms with Gasteiger partial charge in [-0.15, -0.1) is 11.8 Å². The second-order valence-corrected chi connectivity index (χ2v) is 5.37. The van der Waals surface area contributed by atoms with Crippen LogP contribution in [0.15, 0.2) is 23.1 Å². The molecule has 0 aliphatic heterocycles. The fourth-order valence-electron chi connectivity index (χ4n) is 1.33. The standard InChI is InChI=1S/C11H14ClNS/c12-10-7-8(5-6-13)1-4-11(10)14-9-2-3-9/h1,4,7,9H,2-3,5-6,13H2. The average molecular weight is 228 g/mol. The van der Waals surface area contributed by atoms with Crippen LogP contribution in [0, 0.1) is 0 Å². The predicted octanol–water partition coefficient (Wildman–Crippen LogP) is 3.10. The van der Waals surface area contributed by atoms with Crippen molar-refractivity contribution in [2.24, 2.45) is 5.73 Å². The van der Waals surface area contributed by atoms with Gasteiger partial charge in [-0.2, -0.15) is 0 Å². The lowest BCUT2D eigenvalue weighted by atomic mass is 10.1. The fourth-order valence-corrected chi connectivity index (χ4v) is 2.71. The monoisotopic (exact) mass is 227 g/mol. The Kier molecular flexibility index (Phi) is 3.37. The van der Waals surface area contributed by atoms with E-state index in [9.17, 15) is 0 Å². The van der Waals surface area contributed by atoms with Gasteiger partial charge in [0.1, 0.15) is 0 Å². The molecular weight excluding hydrogens is 214 g/mol. The van der Waals surface area contributed by atoms with E-state index in [0.29, 0.717) is 6.54 Å². The Bertz CT molecular complexity index is 323. The maximum absolute atomic E-state index is 6.18. The maximum Gasteiger partial charge on any atom is 0.0544 e. The van der Waals surface area contributed by atoms with E-state index in [1.54, 1.807) is 0 Å². The molecule has 76 valence electrons. The maximum atomic E-state index is 6.18. The van der Waals surface area contributed by atoms with Crippen LogP contribution in [0.25, 0.3) is 0 Å². The highest BCUT2D eigenvalue weighted by atomic mass is 35.5. The summed E-state index contributed by atoms with van der Waals surface area (Å²) in [6.45, 7) is 0.686. The molecule has 1 aliphatic rings. The molecule has 1 nitrogen and oxygen atoms in total. The number of halogens is 1. The van der Waals surface area contributed by atoms with Gasteiger partial charge in [-0.25, -0.2) is 0 Å². The van der Waals surface area contributed by atoms with Crippen molar-refractivity contribution in [3.8, 4) is 0 Å². The molecule has 1 aromatic rings. The number of benzene rings is 1. The summed E-state index contributed by atoms with van der Waals surface area (Å²) in [5.74, 6) is 0. The molecule has 14 heavy (non-hydrogen) atoms. The molecule has 2 N–H and O–H groups in total. The van der Waals surface area contributed by atoms with Crippen LogP contribution in [0.5, 0.6) is 0 Å². The van der Waals surface area contributed by atoms with E-state index in [1.165, 1.54) is 23.3 Å². The summed E-state index contributed by atoms with van der Waals surface area (Å²) in [4.78, 5) is 1.22. The van der Waals surface area contributed by atoms with E-state index in [4.69, 9.17) is 17.3 Å². The van der Waals surface area contributed by atoms with Crippen LogP contribution in [0.2, 0.25) is 5.02 Å². The first kappa shape index (κ1) is 10.3. The minimum Gasteiger partial charge on any atom is -0.330 e. The van der Waals surface area contributed by atoms with Gasteiger partial charge in [-0.3, -0.25) is 0 Å². The van der Waals surface area contributed by atoms with Crippen molar-refractivity contribution < 1.29 is 0 Å². The third-order valence-electron chi connectivity index (χ3n) is 2.25. The molecule has 0 bridgehead atoms. The Morgan fingerprint density at radius 2 is 2.21 bits per heavy atom. The van der Waals surface area contributed by atoms with Gasteiger partial charge in [0.05, 0.1) is 5.02 Å². The number of thioether (sulfide) groups is 1. The smallest absolute Gasteiger partial charge is 0.0544 e. The average Bonchev–Trinajstić information content (AvgIpc) is 2.94.